The monoisotopic (exact) mass is 654 g/mol. The first kappa shape index (κ1) is 32.7. The Morgan fingerprint density at radius 3 is 2.46 bits per heavy atom. The Balaban J connectivity index is 1.16. The number of carbonyl (C=O) groups excluding carboxylic acids is 2. The summed E-state index contributed by atoms with van der Waals surface area (Å²) in [6.45, 7) is 5.68. The average molecular weight is 655 g/mol. The predicted molar refractivity (Wildman–Crippen MR) is 168 cm³/mol. The van der Waals surface area contributed by atoms with Crippen LogP contribution in [0.1, 0.15) is 44.2 Å². The minimum absolute atomic E-state index is 0.0435. The number of thioether (sulfide) groups is 1. The van der Waals surface area contributed by atoms with Gasteiger partial charge < -0.3 is 10.1 Å². The zero-order valence-electron chi connectivity index (χ0n) is 25.1. The van der Waals surface area contributed by atoms with Gasteiger partial charge in [-0.25, -0.2) is 18.9 Å². The molecule has 0 spiro atoms. The van der Waals surface area contributed by atoms with Gasteiger partial charge in [0.2, 0.25) is 5.91 Å². The molecule has 2 heterocycles. The number of rotatable bonds is 9. The van der Waals surface area contributed by atoms with E-state index in [1.807, 2.05) is 45.0 Å². The van der Waals surface area contributed by atoms with Crippen LogP contribution >= 0.6 is 11.8 Å². The summed E-state index contributed by atoms with van der Waals surface area (Å²) in [6.07, 6.45) is -2.00. The summed E-state index contributed by atoms with van der Waals surface area (Å²) in [4.78, 5) is 35.3. The molecule has 1 saturated heterocycles. The van der Waals surface area contributed by atoms with Gasteiger partial charge in [0, 0.05) is 11.6 Å². The second-order valence-electron chi connectivity index (χ2n) is 10.9. The lowest BCUT2D eigenvalue weighted by Crippen LogP contribution is -2.34. The number of hydrogen-bond donors (Lipinski definition) is 1. The van der Waals surface area contributed by atoms with Crippen molar-refractivity contribution >= 4 is 34.6 Å². The van der Waals surface area contributed by atoms with Crippen molar-refractivity contribution in [1.29, 1.82) is 0 Å². The maximum absolute atomic E-state index is 13.9. The normalized spacial score (nSPS) is 15.1. The van der Waals surface area contributed by atoms with Crippen molar-refractivity contribution in [3.8, 4) is 22.8 Å². The molecule has 3 aromatic carbocycles. The Kier molecular flexibility index (Phi) is 9.75. The minimum Gasteiger partial charge on any atom is -0.406 e. The number of halogens is 4. The fourth-order valence-corrected chi connectivity index (χ4v) is 5.66. The molecule has 1 N–H and O–H groups in total. The van der Waals surface area contributed by atoms with E-state index < -0.39 is 18.2 Å². The number of amidine groups is 1. The SMILES string of the molecule is CC(CCc1ccc(-c2ncn(-c3ccc(OC(F)(F)F)cc3)n2)cc1)NC(=O)/N=C1\SCC(=O)N1c1ccc(F)cc1C(C)C. The van der Waals surface area contributed by atoms with E-state index in [1.54, 1.807) is 0 Å². The molecule has 1 fully saturated rings. The molecule has 3 amide bonds. The summed E-state index contributed by atoms with van der Waals surface area (Å²) in [5.74, 6) is -0.414. The van der Waals surface area contributed by atoms with Crippen LogP contribution in [0.5, 0.6) is 5.75 Å². The molecule has 4 aromatic rings. The molecule has 9 nitrogen and oxygen atoms in total. The molecule has 14 heteroatoms. The fourth-order valence-electron chi connectivity index (χ4n) is 4.80. The summed E-state index contributed by atoms with van der Waals surface area (Å²) in [5.41, 5.74) is 3.47. The first-order chi connectivity index (χ1) is 21.9. The van der Waals surface area contributed by atoms with E-state index >= 15 is 0 Å². The summed E-state index contributed by atoms with van der Waals surface area (Å²) < 4.78 is 56.5. The van der Waals surface area contributed by atoms with Gasteiger partial charge in [-0.1, -0.05) is 49.9 Å². The molecule has 240 valence electrons. The molecule has 1 atom stereocenters. The fraction of sp³-hybridized carbons (Fsp3) is 0.281. The molecular formula is C32H30F4N6O3S. The van der Waals surface area contributed by atoms with Gasteiger partial charge in [0.25, 0.3) is 0 Å². The summed E-state index contributed by atoms with van der Waals surface area (Å²) in [6, 6.07) is 16.4. The first-order valence-corrected chi connectivity index (χ1v) is 15.4. The van der Waals surface area contributed by atoms with Gasteiger partial charge in [-0.3, -0.25) is 9.69 Å². The van der Waals surface area contributed by atoms with Crippen molar-refractivity contribution < 1.29 is 31.9 Å². The predicted octanol–water partition coefficient (Wildman–Crippen LogP) is 7.26. The van der Waals surface area contributed by atoms with Crippen LogP contribution in [-0.4, -0.2) is 50.0 Å². The summed E-state index contributed by atoms with van der Waals surface area (Å²) >= 11 is 1.16. The van der Waals surface area contributed by atoms with Crippen LogP contribution in [0.2, 0.25) is 0 Å². The number of nitrogens with one attached hydrogen (secondary N) is 1. The van der Waals surface area contributed by atoms with Crippen LogP contribution < -0.4 is 15.0 Å². The van der Waals surface area contributed by atoms with Gasteiger partial charge in [0.15, 0.2) is 11.0 Å². The van der Waals surface area contributed by atoms with Gasteiger partial charge >= 0.3 is 12.4 Å². The lowest BCUT2D eigenvalue weighted by Gasteiger charge is -2.21. The van der Waals surface area contributed by atoms with E-state index in [0.717, 1.165) is 22.9 Å². The lowest BCUT2D eigenvalue weighted by atomic mass is 10.0. The number of benzene rings is 3. The maximum Gasteiger partial charge on any atom is 0.573 e. The van der Waals surface area contributed by atoms with Crippen molar-refractivity contribution in [2.24, 2.45) is 4.99 Å². The lowest BCUT2D eigenvalue weighted by molar-refractivity contribution is -0.274. The zero-order valence-corrected chi connectivity index (χ0v) is 25.9. The van der Waals surface area contributed by atoms with Crippen LogP contribution in [0.4, 0.5) is 28.0 Å². The van der Waals surface area contributed by atoms with Crippen molar-refractivity contribution in [2.45, 2.75) is 51.9 Å². The Morgan fingerprint density at radius 1 is 1.07 bits per heavy atom. The second kappa shape index (κ2) is 13.7. The Bertz CT molecular complexity index is 1740. The number of urea groups is 1. The highest BCUT2D eigenvalue weighted by Crippen LogP contribution is 2.34. The van der Waals surface area contributed by atoms with E-state index in [-0.39, 0.29) is 34.5 Å². The third kappa shape index (κ3) is 8.10. The first-order valence-electron chi connectivity index (χ1n) is 14.4. The molecular weight excluding hydrogens is 624 g/mol. The molecule has 0 radical (unpaired) electrons. The van der Waals surface area contributed by atoms with Crippen LogP contribution in [0.25, 0.3) is 17.1 Å². The Hall–Kier alpha value is -4.72. The highest BCUT2D eigenvalue weighted by molar-refractivity contribution is 8.15. The van der Waals surface area contributed by atoms with Gasteiger partial charge in [-0.05, 0) is 79.3 Å². The van der Waals surface area contributed by atoms with E-state index in [1.165, 1.54) is 58.4 Å². The number of ether oxygens (including phenoxy) is 1. The molecule has 1 aliphatic heterocycles. The number of alkyl halides is 3. The topological polar surface area (TPSA) is 102 Å². The number of hydrogen-bond acceptors (Lipinski definition) is 6. The van der Waals surface area contributed by atoms with E-state index in [9.17, 15) is 27.2 Å². The molecule has 1 aliphatic rings. The van der Waals surface area contributed by atoms with Crippen molar-refractivity contribution in [3.63, 3.8) is 0 Å². The maximum atomic E-state index is 13.9. The number of aromatic nitrogens is 3. The molecule has 1 unspecified atom stereocenters. The van der Waals surface area contributed by atoms with Crippen molar-refractivity contribution in [1.82, 2.24) is 20.1 Å². The van der Waals surface area contributed by atoms with Gasteiger partial charge in [0.1, 0.15) is 17.9 Å². The van der Waals surface area contributed by atoms with Gasteiger partial charge in [-0.2, -0.15) is 4.99 Å². The third-order valence-corrected chi connectivity index (χ3v) is 8.01. The quantitative estimate of drug-likeness (QED) is 0.191. The number of anilines is 1. The van der Waals surface area contributed by atoms with Crippen molar-refractivity contribution in [2.75, 3.05) is 10.7 Å². The minimum atomic E-state index is -4.76. The average Bonchev–Trinajstić information content (AvgIpc) is 3.63. The van der Waals surface area contributed by atoms with E-state index in [0.29, 0.717) is 35.6 Å². The molecule has 0 aliphatic carbocycles. The molecule has 5 rings (SSSR count). The molecule has 0 bridgehead atoms. The van der Waals surface area contributed by atoms with Crippen molar-refractivity contribution in [3.05, 3.63) is 90.0 Å². The zero-order chi connectivity index (χ0) is 33.0. The number of amides is 3. The number of carbonyl (C=O) groups is 2. The van der Waals surface area contributed by atoms with Gasteiger partial charge in [-0.15, -0.1) is 18.3 Å². The standard InChI is InChI=1S/C32H30F4N6O3S/c1-19(2)26-16-23(33)10-15-27(26)42-28(43)17-46-31(42)39-30(44)38-20(3)4-5-21-6-8-22(9-7-21)29-37-18-41(40-29)24-11-13-25(14-12-24)45-32(34,35)36/h6-16,18-20H,4-5,17H2,1-3H3,(H,38,44)/b39-31-. The largest absolute Gasteiger partial charge is 0.573 e. The number of aryl methyl sites for hydroxylation is 1. The molecule has 0 saturated carbocycles. The molecule has 1 aromatic heterocycles. The number of nitrogens with zero attached hydrogens (tertiary/aromatic N) is 5. The second-order valence-corrected chi connectivity index (χ2v) is 11.9. The van der Waals surface area contributed by atoms with E-state index in [4.69, 9.17) is 0 Å². The van der Waals surface area contributed by atoms with Crippen LogP contribution in [0.3, 0.4) is 0 Å². The number of aliphatic imine (C=N–C) groups is 1. The van der Waals surface area contributed by atoms with Crippen LogP contribution in [0.15, 0.2) is 78.0 Å². The third-order valence-electron chi connectivity index (χ3n) is 7.09. The highest BCUT2D eigenvalue weighted by atomic mass is 32.2. The van der Waals surface area contributed by atoms with Crippen LogP contribution in [-0.2, 0) is 11.2 Å². The summed E-state index contributed by atoms with van der Waals surface area (Å²) in [5, 5.41) is 7.53. The summed E-state index contributed by atoms with van der Waals surface area (Å²) in [7, 11) is 0. The Labute approximate surface area is 266 Å². The highest BCUT2D eigenvalue weighted by Gasteiger charge is 2.33. The van der Waals surface area contributed by atoms with E-state index in [2.05, 4.69) is 25.1 Å². The van der Waals surface area contributed by atoms with Gasteiger partial charge in [0.05, 0.1) is 17.1 Å². The smallest absolute Gasteiger partial charge is 0.406 e. The van der Waals surface area contributed by atoms with Crippen LogP contribution in [0, 0.1) is 5.82 Å². The Morgan fingerprint density at radius 2 is 1.78 bits per heavy atom. The molecule has 46 heavy (non-hydrogen) atoms.